The Hall–Kier alpha value is -8.22. The Kier molecular flexibility index (Phi) is 7.74. The SMILES string of the molecule is c1ccc(-c2cc(-n3ccc4c3ccc3c5ccccc5n(-c5nc(-c6ccc(-c7cccc8ccccc78)cc6)c6ccccc6n5)c34)nc(-c3ccccc3)n2)cc1. The van der Waals surface area contributed by atoms with E-state index in [9.17, 15) is 0 Å². The Morgan fingerprint density at radius 1 is 0.383 bits per heavy atom. The summed E-state index contributed by atoms with van der Waals surface area (Å²) in [7, 11) is 0. The Bertz CT molecular complexity index is 3520. The van der Waals surface area contributed by atoms with Crippen molar-refractivity contribution in [2.45, 2.75) is 0 Å². The third-order valence-corrected chi connectivity index (χ3v) is 11.6. The molecule has 280 valence electrons. The van der Waals surface area contributed by atoms with Gasteiger partial charge in [0, 0.05) is 50.5 Å². The van der Waals surface area contributed by atoms with Crippen LogP contribution in [0.25, 0.3) is 111 Å². The lowest BCUT2D eigenvalue weighted by molar-refractivity contribution is 1.01. The summed E-state index contributed by atoms with van der Waals surface area (Å²) in [6, 6.07) is 69.8. The first-order chi connectivity index (χ1) is 29.7. The van der Waals surface area contributed by atoms with E-state index in [-0.39, 0.29) is 0 Å². The van der Waals surface area contributed by atoms with Crippen molar-refractivity contribution in [2.24, 2.45) is 0 Å². The smallest absolute Gasteiger partial charge is 0.235 e. The highest BCUT2D eigenvalue weighted by molar-refractivity contribution is 6.18. The highest BCUT2D eigenvalue weighted by Crippen LogP contribution is 2.39. The first kappa shape index (κ1) is 33.9. The predicted octanol–water partition coefficient (Wildman–Crippen LogP) is 13.3. The molecule has 0 aliphatic carbocycles. The summed E-state index contributed by atoms with van der Waals surface area (Å²) >= 11 is 0. The molecule has 0 spiro atoms. The molecule has 6 nitrogen and oxygen atoms in total. The predicted molar refractivity (Wildman–Crippen MR) is 246 cm³/mol. The molecule has 0 radical (unpaired) electrons. The number of hydrogen-bond donors (Lipinski definition) is 0. The van der Waals surface area contributed by atoms with Gasteiger partial charge in [0.2, 0.25) is 5.95 Å². The third kappa shape index (κ3) is 5.50. The molecule has 12 rings (SSSR count). The lowest BCUT2D eigenvalue weighted by atomic mass is 9.96. The van der Waals surface area contributed by atoms with E-state index in [1.807, 2.05) is 42.5 Å². The fourth-order valence-corrected chi connectivity index (χ4v) is 8.78. The lowest BCUT2D eigenvalue weighted by Crippen LogP contribution is -2.04. The minimum atomic E-state index is 0.619. The molecular formula is C54H34N6. The van der Waals surface area contributed by atoms with Crippen LogP contribution in [0.3, 0.4) is 0 Å². The quantitative estimate of drug-likeness (QED) is 0.169. The van der Waals surface area contributed by atoms with Gasteiger partial charge >= 0.3 is 0 Å². The summed E-state index contributed by atoms with van der Waals surface area (Å²) in [5, 5.41) is 6.81. The number of nitrogens with zero attached hydrogens (tertiary/aromatic N) is 6. The average Bonchev–Trinajstić information content (AvgIpc) is 3.91. The largest absolute Gasteiger partial charge is 0.301 e. The van der Waals surface area contributed by atoms with E-state index in [1.165, 1.54) is 21.9 Å². The standard InChI is InChI=1S/C54H34N6/c1-3-15-37(16-4-1)47-34-50(57-53(55-47)39-17-5-2-6-18-39)59-33-32-45-48(59)31-30-43-42-21-10-12-25-49(42)60(52(43)45)54-56-46-24-11-9-22-44(46)51(58-54)38-28-26-36(27-29-38)41-23-13-19-35-14-7-8-20-40(35)41/h1-34H. The van der Waals surface area contributed by atoms with Gasteiger partial charge in [0.25, 0.3) is 0 Å². The van der Waals surface area contributed by atoms with Crippen LogP contribution < -0.4 is 0 Å². The van der Waals surface area contributed by atoms with Crippen LogP contribution in [0.2, 0.25) is 0 Å². The third-order valence-electron chi connectivity index (χ3n) is 11.6. The van der Waals surface area contributed by atoms with Crippen LogP contribution in [-0.4, -0.2) is 29.1 Å². The van der Waals surface area contributed by atoms with Crippen molar-refractivity contribution in [3.8, 4) is 56.8 Å². The van der Waals surface area contributed by atoms with Gasteiger partial charge in [-0.25, -0.2) is 19.9 Å². The van der Waals surface area contributed by atoms with Crippen molar-refractivity contribution in [1.82, 2.24) is 29.1 Å². The Morgan fingerprint density at radius 2 is 1.07 bits per heavy atom. The highest BCUT2D eigenvalue weighted by atomic mass is 15.2. The maximum Gasteiger partial charge on any atom is 0.235 e. The summed E-state index contributed by atoms with van der Waals surface area (Å²) < 4.78 is 4.41. The number of benzene rings is 8. The van der Waals surface area contributed by atoms with Crippen LogP contribution in [0.15, 0.2) is 206 Å². The van der Waals surface area contributed by atoms with E-state index in [0.717, 1.165) is 77.5 Å². The van der Waals surface area contributed by atoms with Crippen molar-refractivity contribution >= 4 is 54.4 Å². The van der Waals surface area contributed by atoms with Gasteiger partial charge in [-0.3, -0.25) is 4.57 Å². The summed E-state index contributed by atoms with van der Waals surface area (Å²) in [6.07, 6.45) is 2.11. The van der Waals surface area contributed by atoms with Crippen molar-refractivity contribution in [3.63, 3.8) is 0 Å². The first-order valence-electron chi connectivity index (χ1n) is 20.1. The molecule has 0 unspecified atom stereocenters. The Labute approximate surface area is 345 Å². The molecule has 0 amide bonds. The molecule has 0 saturated heterocycles. The van der Waals surface area contributed by atoms with Gasteiger partial charge in [0.15, 0.2) is 5.82 Å². The molecule has 0 aliphatic rings. The second kappa shape index (κ2) is 13.7. The molecular weight excluding hydrogens is 733 g/mol. The molecule has 60 heavy (non-hydrogen) atoms. The Balaban J connectivity index is 1.06. The van der Waals surface area contributed by atoms with Crippen molar-refractivity contribution in [3.05, 3.63) is 206 Å². The number of rotatable bonds is 6. The molecule has 12 aromatic rings. The maximum atomic E-state index is 5.45. The van der Waals surface area contributed by atoms with Crippen molar-refractivity contribution in [1.29, 1.82) is 0 Å². The van der Waals surface area contributed by atoms with E-state index >= 15 is 0 Å². The molecule has 0 saturated carbocycles. The van der Waals surface area contributed by atoms with Crippen LogP contribution in [0.1, 0.15) is 0 Å². The summed E-state index contributed by atoms with van der Waals surface area (Å²) in [4.78, 5) is 20.9. The zero-order valence-electron chi connectivity index (χ0n) is 32.3. The molecule has 6 heteroatoms. The highest BCUT2D eigenvalue weighted by Gasteiger charge is 2.21. The second-order valence-corrected chi connectivity index (χ2v) is 15.1. The minimum absolute atomic E-state index is 0.619. The van der Waals surface area contributed by atoms with Gasteiger partial charge in [-0.2, -0.15) is 0 Å². The van der Waals surface area contributed by atoms with Crippen molar-refractivity contribution < 1.29 is 0 Å². The zero-order valence-corrected chi connectivity index (χ0v) is 32.3. The molecule has 0 aliphatic heterocycles. The van der Waals surface area contributed by atoms with Crippen molar-refractivity contribution in [2.75, 3.05) is 0 Å². The van der Waals surface area contributed by atoms with Gasteiger partial charge in [-0.05, 0) is 46.2 Å². The molecule has 8 aromatic carbocycles. The monoisotopic (exact) mass is 766 g/mol. The molecule has 4 aromatic heterocycles. The second-order valence-electron chi connectivity index (χ2n) is 15.1. The van der Waals surface area contributed by atoms with E-state index in [0.29, 0.717) is 11.8 Å². The maximum absolute atomic E-state index is 5.45. The van der Waals surface area contributed by atoms with Gasteiger partial charge in [-0.15, -0.1) is 0 Å². The van der Waals surface area contributed by atoms with Crippen LogP contribution in [-0.2, 0) is 0 Å². The molecule has 0 bridgehead atoms. The van der Waals surface area contributed by atoms with Gasteiger partial charge in [0.1, 0.15) is 5.82 Å². The Morgan fingerprint density at radius 3 is 1.90 bits per heavy atom. The van der Waals surface area contributed by atoms with Gasteiger partial charge < -0.3 is 4.57 Å². The van der Waals surface area contributed by atoms with E-state index in [4.69, 9.17) is 19.9 Å². The van der Waals surface area contributed by atoms with E-state index < -0.39 is 0 Å². The first-order valence-corrected chi connectivity index (χ1v) is 20.1. The number of para-hydroxylation sites is 2. The zero-order chi connectivity index (χ0) is 39.6. The molecule has 0 N–H and O–H groups in total. The fourth-order valence-electron chi connectivity index (χ4n) is 8.78. The van der Waals surface area contributed by atoms with E-state index in [2.05, 4.69) is 173 Å². The van der Waals surface area contributed by atoms with Crippen LogP contribution in [0.5, 0.6) is 0 Å². The topological polar surface area (TPSA) is 61.4 Å². The summed E-state index contributed by atoms with van der Waals surface area (Å²) in [6.45, 7) is 0. The fraction of sp³-hybridized carbons (Fsp3) is 0. The average molecular weight is 767 g/mol. The summed E-state index contributed by atoms with van der Waals surface area (Å²) in [5.41, 5.74) is 11.1. The molecule has 4 heterocycles. The van der Waals surface area contributed by atoms with Crippen LogP contribution >= 0.6 is 0 Å². The molecule has 0 fully saturated rings. The summed E-state index contributed by atoms with van der Waals surface area (Å²) in [5.74, 6) is 2.08. The normalized spacial score (nSPS) is 11.7. The number of hydrogen-bond acceptors (Lipinski definition) is 4. The van der Waals surface area contributed by atoms with Gasteiger partial charge in [0.05, 0.1) is 33.5 Å². The van der Waals surface area contributed by atoms with E-state index in [1.54, 1.807) is 0 Å². The van der Waals surface area contributed by atoms with Crippen LogP contribution in [0.4, 0.5) is 0 Å². The minimum Gasteiger partial charge on any atom is -0.301 e. The van der Waals surface area contributed by atoms with Crippen LogP contribution in [0, 0.1) is 0 Å². The number of aromatic nitrogens is 6. The molecule has 0 atom stereocenters. The number of fused-ring (bicyclic) bond motifs is 7. The lowest BCUT2D eigenvalue weighted by Gasteiger charge is -2.13. The van der Waals surface area contributed by atoms with Gasteiger partial charge in [-0.1, -0.05) is 170 Å².